The molecule has 100 heavy (non-hydrogen) atoms. The number of thiophene rings is 4. The molecule has 0 saturated carbocycles. The molecule has 12 N–H and O–H groups in total. The minimum Gasteiger partial charge on any atom is -0.366 e. The summed E-state index contributed by atoms with van der Waals surface area (Å²) in [5.41, 5.74) is 34.6. The highest BCUT2D eigenvalue weighted by atomic mass is 32.1. The molecule has 12 rings (SSSR count). The second-order valence-corrected chi connectivity index (χ2v) is 25.9. The highest BCUT2D eigenvalue weighted by Crippen LogP contribution is 2.33. The van der Waals surface area contributed by atoms with Gasteiger partial charge in [-0.05, 0) is 195 Å². The summed E-state index contributed by atoms with van der Waals surface area (Å²) in [6.45, 7) is 20.0. The van der Waals surface area contributed by atoms with E-state index in [0.717, 1.165) is 148 Å². The van der Waals surface area contributed by atoms with Crippen molar-refractivity contribution < 1.29 is 19.2 Å². The fourth-order valence-corrected chi connectivity index (χ4v) is 12.9. The SMILES string of the molecule is C=CCc1c(C)nc(-c2cccs2)nc1Nc1ccc(C(N)=O)cc1.C=CCc1c(CC)nc(-c2cccs2)nc1Nc1ccc(C(N)=O)cc1.CCc1c(C)nc(-c2cccs2)nc1Nc1ccc(C(N)=O)cc1.CCc1nc(-c2cccs2)nc(Nc2ccc(C(N)=O)cc2)c1CC. The number of benzene rings is 4. The lowest BCUT2D eigenvalue weighted by molar-refractivity contribution is 0.0992. The molecule has 0 bridgehead atoms. The molecule has 508 valence electrons. The molecule has 0 atom stereocenters. The summed E-state index contributed by atoms with van der Waals surface area (Å²) in [6, 6.07) is 44.1. The molecule has 0 unspecified atom stereocenters. The molecule has 4 aromatic carbocycles. The topological polar surface area (TPSA) is 324 Å². The van der Waals surface area contributed by atoms with Gasteiger partial charge in [-0.2, -0.15) is 0 Å². The van der Waals surface area contributed by atoms with Crippen LogP contribution in [0.2, 0.25) is 0 Å². The summed E-state index contributed by atoms with van der Waals surface area (Å²) >= 11 is 6.45. The largest absolute Gasteiger partial charge is 0.366 e. The van der Waals surface area contributed by atoms with Crippen molar-refractivity contribution in [3.05, 3.63) is 260 Å². The van der Waals surface area contributed by atoms with Crippen LogP contribution in [0.25, 0.3) is 42.8 Å². The minimum absolute atomic E-state index is 0.434. The van der Waals surface area contributed by atoms with E-state index < -0.39 is 23.6 Å². The maximum Gasteiger partial charge on any atom is 0.248 e. The zero-order valence-electron chi connectivity index (χ0n) is 56.1. The summed E-state index contributed by atoms with van der Waals surface area (Å²) < 4.78 is 0. The number of aromatic nitrogens is 8. The van der Waals surface area contributed by atoms with Crippen LogP contribution in [0.1, 0.15) is 114 Å². The summed E-state index contributed by atoms with van der Waals surface area (Å²) in [5, 5.41) is 21.4. The van der Waals surface area contributed by atoms with E-state index in [4.69, 9.17) is 52.8 Å². The number of carbonyl (C=O) groups is 4. The first-order valence-corrected chi connectivity index (χ1v) is 35.5. The molecule has 0 radical (unpaired) electrons. The summed E-state index contributed by atoms with van der Waals surface area (Å²) in [5.74, 6) is 4.19. The Morgan fingerprint density at radius 3 is 0.880 bits per heavy atom. The lowest BCUT2D eigenvalue weighted by Crippen LogP contribution is -2.11. The summed E-state index contributed by atoms with van der Waals surface area (Å²) in [4.78, 5) is 86.6. The van der Waals surface area contributed by atoms with Gasteiger partial charge in [-0.25, -0.2) is 39.9 Å². The predicted octanol–water partition coefficient (Wildman–Crippen LogP) is 16.5. The van der Waals surface area contributed by atoms with Gasteiger partial charge in [0, 0.05) is 90.0 Å². The normalized spacial score (nSPS) is 10.5. The van der Waals surface area contributed by atoms with E-state index in [9.17, 15) is 19.2 Å². The molecule has 8 heterocycles. The number of aryl methyl sites for hydroxylation is 4. The van der Waals surface area contributed by atoms with Crippen LogP contribution in [0.4, 0.5) is 46.0 Å². The van der Waals surface area contributed by atoms with E-state index in [0.29, 0.717) is 46.7 Å². The average Bonchev–Trinajstić information content (AvgIpc) is 1.21. The van der Waals surface area contributed by atoms with Crippen LogP contribution in [-0.4, -0.2) is 63.5 Å². The molecule has 24 heteroatoms. The van der Waals surface area contributed by atoms with Crippen molar-refractivity contribution in [1.29, 1.82) is 0 Å². The number of amides is 4. The summed E-state index contributed by atoms with van der Waals surface area (Å²) in [6.07, 6.45) is 8.35. The highest BCUT2D eigenvalue weighted by Gasteiger charge is 2.19. The molecular weight excluding hydrogens is 1330 g/mol. The second kappa shape index (κ2) is 35.2. The summed E-state index contributed by atoms with van der Waals surface area (Å²) in [7, 11) is 0. The number of anilines is 8. The Morgan fingerprint density at radius 1 is 0.350 bits per heavy atom. The quantitative estimate of drug-likeness (QED) is 0.0261. The average molecular weight is 1410 g/mol. The van der Waals surface area contributed by atoms with Crippen LogP contribution in [0.15, 0.2) is 192 Å². The first kappa shape index (κ1) is 72.8. The van der Waals surface area contributed by atoms with Crippen molar-refractivity contribution >= 4 is 115 Å². The van der Waals surface area contributed by atoms with Crippen LogP contribution in [0, 0.1) is 13.8 Å². The van der Waals surface area contributed by atoms with Crippen molar-refractivity contribution in [1.82, 2.24) is 39.9 Å². The fraction of sp³-hybridized carbons (Fsp3) is 0.158. The van der Waals surface area contributed by atoms with Crippen molar-refractivity contribution in [3.63, 3.8) is 0 Å². The van der Waals surface area contributed by atoms with Crippen molar-refractivity contribution in [2.75, 3.05) is 21.3 Å². The third-order valence-electron chi connectivity index (χ3n) is 15.4. The third-order valence-corrected chi connectivity index (χ3v) is 18.8. The number of primary amides is 4. The number of nitrogens with zero attached hydrogens (tertiary/aromatic N) is 8. The number of allylic oxidation sites excluding steroid dienone is 2. The van der Waals surface area contributed by atoms with E-state index in [1.165, 1.54) is 0 Å². The van der Waals surface area contributed by atoms with Gasteiger partial charge in [0.2, 0.25) is 23.6 Å². The molecule has 20 nitrogen and oxygen atoms in total. The predicted molar refractivity (Wildman–Crippen MR) is 409 cm³/mol. The molecule has 8 aromatic heterocycles. The number of nitrogens with one attached hydrogen (secondary N) is 4. The van der Waals surface area contributed by atoms with Crippen molar-refractivity contribution in [3.8, 4) is 42.8 Å². The van der Waals surface area contributed by atoms with E-state index in [2.05, 4.69) is 72.1 Å². The molecule has 0 spiro atoms. The van der Waals surface area contributed by atoms with E-state index in [1.54, 1.807) is 106 Å². The van der Waals surface area contributed by atoms with Gasteiger partial charge in [0.1, 0.15) is 23.3 Å². The third kappa shape index (κ3) is 19.0. The Bertz CT molecular complexity index is 4760. The Labute approximate surface area is 597 Å². The number of hydrogen-bond donors (Lipinski definition) is 8. The van der Waals surface area contributed by atoms with Crippen LogP contribution < -0.4 is 44.2 Å². The van der Waals surface area contributed by atoms with Gasteiger partial charge in [-0.15, -0.1) is 58.5 Å². The molecule has 4 amide bonds. The standard InChI is InChI=1S/C20H20N4OS.C19H18N4OS.C19H20N4OS.C18H18N4OS/c1-3-6-15-16(4-2)23-20(17-7-5-12-26-17)24-19(15)22-14-10-8-13(9-11-14)18(21)25;1-3-5-15-12(2)21-19(16-6-4-11-25-16)23-18(15)22-14-9-7-13(8-10-14)17(20)24;1-3-14-15(4-2)22-19(16-6-5-11-25-16)23-18(14)21-13-9-7-12(8-10-13)17(20)24;1-3-14-11(2)20-18(15-5-4-10-24-15)22-17(14)21-13-8-6-12(7-9-13)16(19)23/h3,5,7-12H,1,4,6H2,2H3,(H2,21,25)(H,22,23,24);3-4,6-11H,1,5H2,2H3,(H2,20,24)(H,21,22,23);5-11H,3-4H2,1-2H3,(H2,20,24)(H,21,22,23);4-10H,3H2,1-2H3,(H2,19,23)(H,20,21,22). The molecule has 0 aliphatic carbocycles. The van der Waals surface area contributed by atoms with Crippen LogP contribution in [-0.2, 0) is 38.5 Å². The van der Waals surface area contributed by atoms with Crippen LogP contribution in [0.5, 0.6) is 0 Å². The van der Waals surface area contributed by atoms with Gasteiger partial charge >= 0.3 is 0 Å². The maximum absolute atomic E-state index is 11.2. The first-order chi connectivity index (χ1) is 48.4. The molecule has 12 aromatic rings. The molecular formula is C76H76N16O4S4. The Balaban J connectivity index is 0.000000156. The zero-order chi connectivity index (χ0) is 71.2. The molecule has 0 saturated heterocycles. The number of rotatable bonds is 24. The Kier molecular flexibility index (Phi) is 25.6. The van der Waals surface area contributed by atoms with Gasteiger partial charge in [-0.1, -0.05) is 64.1 Å². The van der Waals surface area contributed by atoms with Gasteiger partial charge < -0.3 is 44.2 Å². The van der Waals surface area contributed by atoms with Gasteiger partial charge in [0.25, 0.3) is 0 Å². The molecule has 0 aliphatic rings. The minimum atomic E-state index is -0.447. The Hall–Kier alpha value is -11.4. The number of nitrogens with two attached hydrogens (primary N) is 4. The maximum atomic E-state index is 11.2. The highest BCUT2D eigenvalue weighted by molar-refractivity contribution is 7.14. The first-order valence-electron chi connectivity index (χ1n) is 32.0. The van der Waals surface area contributed by atoms with Gasteiger partial charge in [0.15, 0.2) is 23.3 Å². The Morgan fingerprint density at radius 2 is 0.610 bits per heavy atom. The van der Waals surface area contributed by atoms with Gasteiger partial charge in [0.05, 0.1) is 19.5 Å². The lowest BCUT2D eigenvalue weighted by atomic mass is 10.1. The molecule has 0 aliphatic heterocycles. The monoisotopic (exact) mass is 1400 g/mol. The smallest absolute Gasteiger partial charge is 0.248 e. The lowest BCUT2D eigenvalue weighted by Gasteiger charge is -2.15. The van der Waals surface area contributed by atoms with E-state index in [-0.39, 0.29) is 0 Å². The fourth-order valence-electron chi connectivity index (χ4n) is 10.3. The van der Waals surface area contributed by atoms with Crippen molar-refractivity contribution in [2.24, 2.45) is 22.9 Å². The molecule has 0 fully saturated rings. The number of hydrogen-bond acceptors (Lipinski definition) is 20. The van der Waals surface area contributed by atoms with Gasteiger partial charge in [-0.3, -0.25) is 19.2 Å². The van der Waals surface area contributed by atoms with Crippen molar-refractivity contribution in [2.45, 2.75) is 80.1 Å². The van der Waals surface area contributed by atoms with E-state index >= 15 is 0 Å². The van der Waals surface area contributed by atoms with Crippen LogP contribution >= 0.6 is 45.3 Å². The zero-order valence-corrected chi connectivity index (χ0v) is 59.4. The second-order valence-electron chi connectivity index (χ2n) is 22.1. The number of carbonyl (C=O) groups excluding carboxylic acids is 4. The van der Waals surface area contributed by atoms with Crippen LogP contribution in [0.3, 0.4) is 0 Å². The van der Waals surface area contributed by atoms with E-state index in [1.807, 2.05) is 132 Å².